The van der Waals surface area contributed by atoms with Crippen LogP contribution in [0.3, 0.4) is 0 Å². The highest BCUT2D eigenvalue weighted by Crippen LogP contribution is 2.33. The number of thiazole rings is 1. The number of carbonyl (C=O) groups is 1. The quantitative estimate of drug-likeness (QED) is 0.405. The molecule has 5 nitrogen and oxygen atoms in total. The summed E-state index contributed by atoms with van der Waals surface area (Å²) >= 11 is 1.44. The molecule has 1 saturated carbocycles. The number of halogens is 3. The Kier molecular flexibility index (Phi) is 9.16. The number of carbonyl (C=O) groups excluding carboxylic acids is 1. The Balaban J connectivity index is 0.00000363. The Hall–Kier alpha value is -2.06. The van der Waals surface area contributed by atoms with Gasteiger partial charge in [-0.3, -0.25) is 4.79 Å². The fraction of sp³-hybridized carbons (Fsp3) is 0.522. The normalized spacial score (nSPS) is 16.1. The van der Waals surface area contributed by atoms with Crippen molar-refractivity contribution in [1.29, 1.82) is 0 Å². The van der Waals surface area contributed by atoms with Crippen LogP contribution in [0, 0.1) is 13.8 Å². The SMILES string of the molecule is CCN(C)C=Nc1cc(C)c(Cc2nc(C(=O)NC3CCC(F)(F)CC3)cs2)cc1C.Cl. The first-order valence-electron chi connectivity index (χ1n) is 10.6. The van der Waals surface area contributed by atoms with Gasteiger partial charge in [-0.25, -0.2) is 18.8 Å². The summed E-state index contributed by atoms with van der Waals surface area (Å²) in [4.78, 5) is 23.6. The van der Waals surface area contributed by atoms with Crippen molar-refractivity contribution in [2.75, 3.05) is 13.6 Å². The lowest BCUT2D eigenvalue weighted by Crippen LogP contribution is -2.40. The van der Waals surface area contributed by atoms with Crippen LogP contribution in [-0.2, 0) is 6.42 Å². The van der Waals surface area contributed by atoms with Crippen LogP contribution in [0.2, 0.25) is 0 Å². The Labute approximate surface area is 198 Å². The van der Waals surface area contributed by atoms with Gasteiger partial charge in [-0.05, 0) is 56.4 Å². The van der Waals surface area contributed by atoms with Gasteiger partial charge in [0.25, 0.3) is 5.91 Å². The van der Waals surface area contributed by atoms with E-state index < -0.39 is 5.92 Å². The first-order chi connectivity index (χ1) is 14.7. The summed E-state index contributed by atoms with van der Waals surface area (Å²) in [6, 6.07) is 3.99. The first-order valence-corrected chi connectivity index (χ1v) is 11.5. The molecule has 2 aromatic rings. The zero-order valence-electron chi connectivity index (χ0n) is 19.0. The molecule has 0 atom stereocenters. The third-order valence-electron chi connectivity index (χ3n) is 5.73. The van der Waals surface area contributed by atoms with Gasteiger partial charge in [-0.2, -0.15) is 0 Å². The molecule has 1 aromatic heterocycles. The van der Waals surface area contributed by atoms with E-state index >= 15 is 0 Å². The Bertz CT molecular complexity index is 953. The number of amides is 1. The highest BCUT2D eigenvalue weighted by molar-refractivity contribution is 7.09. The topological polar surface area (TPSA) is 57.6 Å². The monoisotopic (exact) mass is 484 g/mol. The summed E-state index contributed by atoms with van der Waals surface area (Å²) < 4.78 is 26.6. The van der Waals surface area contributed by atoms with E-state index in [1.165, 1.54) is 11.3 Å². The molecule has 1 fully saturated rings. The molecule has 1 heterocycles. The van der Waals surface area contributed by atoms with Crippen molar-refractivity contribution >= 4 is 41.7 Å². The molecular weight excluding hydrogens is 454 g/mol. The minimum Gasteiger partial charge on any atom is -0.366 e. The summed E-state index contributed by atoms with van der Waals surface area (Å²) in [6.07, 6.45) is 2.73. The van der Waals surface area contributed by atoms with Gasteiger partial charge in [0, 0.05) is 44.3 Å². The van der Waals surface area contributed by atoms with Crippen molar-refractivity contribution in [1.82, 2.24) is 15.2 Å². The number of nitrogens with zero attached hydrogens (tertiary/aromatic N) is 3. The lowest BCUT2D eigenvalue weighted by atomic mass is 9.92. The van der Waals surface area contributed by atoms with Crippen LogP contribution in [0.25, 0.3) is 0 Å². The second-order valence-electron chi connectivity index (χ2n) is 8.29. The molecule has 0 radical (unpaired) electrons. The molecule has 0 aliphatic heterocycles. The number of aryl methyl sites for hydroxylation is 2. The summed E-state index contributed by atoms with van der Waals surface area (Å²) in [5.74, 6) is -2.88. The maximum absolute atomic E-state index is 13.3. The predicted molar refractivity (Wildman–Crippen MR) is 129 cm³/mol. The summed E-state index contributed by atoms with van der Waals surface area (Å²) in [6.45, 7) is 7.06. The fourth-order valence-corrected chi connectivity index (χ4v) is 4.33. The van der Waals surface area contributed by atoms with Crippen molar-refractivity contribution in [3.63, 3.8) is 0 Å². The number of aliphatic imine (C=N–C) groups is 1. The minimum absolute atomic E-state index is 0. The molecular formula is C23H31ClF2N4OS. The first kappa shape index (κ1) is 26.2. The minimum atomic E-state index is -2.60. The number of hydrogen-bond donors (Lipinski definition) is 1. The molecule has 1 aromatic carbocycles. The van der Waals surface area contributed by atoms with Crippen molar-refractivity contribution in [3.05, 3.63) is 44.9 Å². The highest BCUT2D eigenvalue weighted by Gasteiger charge is 2.35. The van der Waals surface area contributed by atoms with Gasteiger partial charge in [0.1, 0.15) is 5.69 Å². The highest BCUT2D eigenvalue weighted by atomic mass is 35.5. The maximum atomic E-state index is 13.3. The zero-order chi connectivity index (χ0) is 22.6. The molecule has 1 aliphatic rings. The number of aromatic nitrogens is 1. The molecule has 3 rings (SSSR count). The van der Waals surface area contributed by atoms with Crippen LogP contribution < -0.4 is 5.32 Å². The number of hydrogen-bond acceptors (Lipinski definition) is 4. The van der Waals surface area contributed by atoms with Gasteiger partial charge in [0.15, 0.2) is 0 Å². The molecule has 32 heavy (non-hydrogen) atoms. The smallest absolute Gasteiger partial charge is 0.270 e. The van der Waals surface area contributed by atoms with Crippen LogP contribution >= 0.6 is 23.7 Å². The number of nitrogens with one attached hydrogen (secondary N) is 1. The van der Waals surface area contributed by atoms with E-state index in [1.807, 2.05) is 25.2 Å². The second-order valence-corrected chi connectivity index (χ2v) is 9.23. The lowest BCUT2D eigenvalue weighted by Gasteiger charge is -2.28. The average Bonchev–Trinajstić information content (AvgIpc) is 3.19. The van der Waals surface area contributed by atoms with Crippen molar-refractivity contribution in [2.45, 2.75) is 64.8 Å². The number of rotatable bonds is 7. The van der Waals surface area contributed by atoms with Crippen LogP contribution in [0.4, 0.5) is 14.5 Å². The second kappa shape index (κ2) is 11.2. The average molecular weight is 485 g/mol. The standard InChI is InChI=1S/C23H30F2N4OS.ClH/c1-5-29(4)14-26-19-11-15(2)17(10-16(19)3)12-21-28-20(13-31-21)22(30)27-18-6-8-23(24,25)9-7-18;/h10-11,13-14,18H,5-9,12H2,1-4H3,(H,27,30);1H. The van der Waals surface area contributed by atoms with Crippen LogP contribution in [0.15, 0.2) is 22.5 Å². The lowest BCUT2D eigenvalue weighted by molar-refractivity contribution is -0.0399. The Morgan fingerprint density at radius 1 is 1.31 bits per heavy atom. The van der Waals surface area contributed by atoms with Gasteiger partial charge >= 0.3 is 0 Å². The van der Waals surface area contributed by atoms with E-state index in [4.69, 9.17) is 0 Å². The zero-order valence-corrected chi connectivity index (χ0v) is 20.6. The van der Waals surface area contributed by atoms with E-state index in [-0.39, 0.29) is 37.2 Å². The van der Waals surface area contributed by atoms with E-state index in [9.17, 15) is 13.6 Å². The van der Waals surface area contributed by atoms with Crippen LogP contribution in [-0.4, -0.2) is 47.7 Å². The van der Waals surface area contributed by atoms with Gasteiger partial charge in [-0.1, -0.05) is 6.07 Å². The van der Waals surface area contributed by atoms with Crippen LogP contribution in [0.1, 0.15) is 64.8 Å². The van der Waals surface area contributed by atoms with E-state index in [0.29, 0.717) is 25.0 Å². The fourth-order valence-electron chi connectivity index (χ4n) is 3.54. The molecule has 1 aliphatic carbocycles. The third kappa shape index (κ3) is 6.97. The van der Waals surface area contributed by atoms with Gasteiger partial charge < -0.3 is 10.2 Å². The summed E-state index contributed by atoms with van der Waals surface area (Å²) in [5, 5.41) is 5.45. The van der Waals surface area contributed by atoms with Crippen LogP contribution in [0.5, 0.6) is 0 Å². The van der Waals surface area contributed by atoms with Gasteiger partial charge in [-0.15, -0.1) is 23.7 Å². The molecule has 0 unspecified atom stereocenters. The number of alkyl halides is 2. The Morgan fingerprint density at radius 3 is 2.66 bits per heavy atom. The molecule has 9 heteroatoms. The molecule has 0 spiro atoms. The van der Waals surface area contributed by atoms with Gasteiger partial charge in [0.2, 0.25) is 5.92 Å². The van der Waals surface area contributed by atoms with Crippen molar-refractivity contribution in [3.8, 4) is 0 Å². The molecule has 1 N–H and O–H groups in total. The third-order valence-corrected chi connectivity index (χ3v) is 6.57. The maximum Gasteiger partial charge on any atom is 0.270 e. The predicted octanol–water partition coefficient (Wildman–Crippen LogP) is 5.69. The molecule has 0 saturated heterocycles. The molecule has 0 bridgehead atoms. The van der Waals surface area contributed by atoms with Gasteiger partial charge in [0.05, 0.1) is 17.0 Å². The van der Waals surface area contributed by atoms with E-state index in [2.05, 4.69) is 41.3 Å². The van der Waals surface area contributed by atoms with E-state index in [0.717, 1.165) is 33.9 Å². The summed E-state index contributed by atoms with van der Waals surface area (Å²) in [7, 11) is 1.99. The number of benzene rings is 1. The summed E-state index contributed by atoms with van der Waals surface area (Å²) in [5.41, 5.74) is 4.66. The largest absolute Gasteiger partial charge is 0.366 e. The molecule has 1 amide bonds. The Morgan fingerprint density at radius 2 is 2.00 bits per heavy atom. The van der Waals surface area contributed by atoms with E-state index in [1.54, 1.807) is 5.38 Å². The molecule has 176 valence electrons. The van der Waals surface area contributed by atoms with Crippen molar-refractivity contribution < 1.29 is 13.6 Å². The van der Waals surface area contributed by atoms with Crippen molar-refractivity contribution in [2.24, 2.45) is 4.99 Å².